The Kier molecular flexibility index (Phi) is 9.07. The van der Waals surface area contributed by atoms with Crippen LogP contribution in [-0.4, -0.2) is 12.6 Å². The molecule has 3 heteroatoms. The first kappa shape index (κ1) is 24.8. The first-order valence-electron chi connectivity index (χ1n) is 13.7. The number of rotatable bonds is 9. The average molecular weight is 463 g/mol. The number of hydrogen-bond donors (Lipinski definition) is 0. The molecule has 0 aliphatic heterocycles. The maximum absolute atomic E-state index is 12.5. The Balaban J connectivity index is 1.24. The summed E-state index contributed by atoms with van der Waals surface area (Å²) in [6, 6.07) is 15.4. The van der Waals surface area contributed by atoms with Crippen molar-refractivity contribution in [3.63, 3.8) is 0 Å². The van der Waals surface area contributed by atoms with Crippen LogP contribution in [0.15, 0.2) is 48.5 Å². The van der Waals surface area contributed by atoms with Crippen molar-refractivity contribution in [2.75, 3.05) is 6.61 Å². The lowest BCUT2D eigenvalue weighted by Crippen LogP contribution is -2.25. The molecule has 2 aromatic carbocycles. The van der Waals surface area contributed by atoms with Gasteiger partial charge in [0.15, 0.2) is 0 Å². The van der Waals surface area contributed by atoms with E-state index in [-0.39, 0.29) is 5.97 Å². The van der Waals surface area contributed by atoms with Crippen LogP contribution in [0, 0.1) is 17.8 Å². The summed E-state index contributed by atoms with van der Waals surface area (Å²) in [5, 5.41) is 0. The standard InChI is InChI=1S/C31H42O3/c1-3-5-23-6-8-24(9-7-23)25-10-12-26(13-11-25)27-14-20-30(21-15-27)34-31(32)28-16-18-29(19-17-28)33-22-4-2/h14-21,23-26H,3-13,22H2,1-2H3/t23-,24-,25-,26-. The molecule has 34 heavy (non-hydrogen) atoms. The van der Waals surface area contributed by atoms with E-state index < -0.39 is 0 Å². The zero-order valence-corrected chi connectivity index (χ0v) is 21.1. The lowest BCUT2D eigenvalue weighted by atomic mass is 9.68. The molecule has 0 atom stereocenters. The Morgan fingerprint density at radius 2 is 1.32 bits per heavy atom. The summed E-state index contributed by atoms with van der Waals surface area (Å²) < 4.78 is 11.2. The monoisotopic (exact) mass is 462 g/mol. The summed E-state index contributed by atoms with van der Waals surface area (Å²) in [5.74, 6) is 4.63. The van der Waals surface area contributed by atoms with Gasteiger partial charge in [-0.3, -0.25) is 0 Å². The third-order valence-corrected chi connectivity index (χ3v) is 8.15. The number of carbonyl (C=O) groups is 1. The van der Waals surface area contributed by atoms with Crippen LogP contribution in [0.2, 0.25) is 0 Å². The number of ether oxygens (including phenoxy) is 2. The molecule has 0 spiro atoms. The second-order valence-electron chi connectivity index (χ2n) is 10.5. The van der Waals surface area contributed by atoms with Crippen molar-refractivity contribution in [1.29, 1.82) is 0 Å². The van der Waals surface area contributed by atoms with Crippen molar-refractivity contribution in [2.45, 2.75) is 90.4 Å². The Hall–Kier alpha value is -2.29. The Labute approximate surface area is 206 Å². The second-order valence-corrected chi connectivity index (χ2v) is 10.5. The first-order valence-corrected chi connectivity index (χ1v) is 13.7. The quantitative estimate of drug-likeness (QED) is 0.276. The SMILES string of the molecule is CCCOc1ccc(C(=O)Oc2ccc([C@H]3CC[C@H]([C@H]4CC[C@H](CCC)CC4)CC3)cc2)cc1. The van der Waals surface area contributed by atoms with E-state index in [2.05, 4.69) is 26.0 Å². The van der Waals surface area contributed by atoms with Gasteiger partial charge in [0.25, 0.3) is 0 Å². The Morgan fingerprint density at radius 3 is 1.91 bits per heavy atom. The lowest BCUT2D eigenvalue weighted by Gasteiger charge is -2.38. The molecule has 0 bridgehead atoms. The molecule has 184 valence electrons. The fourth-order valence-corrected chi connectivity index (χ4v) is 6.16. The van der Waals surface area contributed by atoms with Crippen molar-refractivity contribution in [1.82, 2.24) is 0 Å². The van der Waals surface area contributed by atoms with Gasteiger partial charge in [-0.25, -0.2) is 4.79 Å². The average Bonchev–Trinajstić information content (AvgIpc) is 2.89. The molecule has 2 aliphatic carbocycles. The summed E-state index contributed by atoms with van der Waals surface area (Å²) in [4.78, 5) is 12.5. The second kappa shape index (κ2) is 12.4. The van der Waals surface area contributed by atoms with Gasteiger partial charge in [0.2, 0.25) is 0 Å². The van der Waals surface area contributed by atoms with E-state index in [0.717, 1.165) is 29.9 Å². The van der Waals surface area contributed by atoms with Crippen LogP contribution in [0.3, 0.4) is 0 Å². The number of carbonyl (C=O) groups excluding carboxylic acids is 1. The Morgan fingerprint density at radius 1 is 0.735 bits per heavy atom. The smallest absolute Gasteiger partial charge is 0.343 e. The molecule has 0 heterocycles. The minimum absolute atomic E-state index is 0.330. The summed E-state index contributed by atoms with van der Waals surface area (Å²) in [7, 11) is 0. The minimum atomic E-state index is -0.330. The predicted molar refractivity (Wildman–Crippen MR) is 139 cm³/mol. The van der Waals surface area contributed by atoms with Crippen molar-refractivity contribution < 1.29 is 14.3 Å². The number of hydrogen-bond acceptors (Lipinski definition) is 3. The highest BCUT2D eigenvalue weighted by Gasteiger charge is 2.31. The van der Waals surface area contributed by atoms with E-state index in [4.69, 9.17) is 9.47 Å². The third kappa shape index (κ3) is 6.64. The molecule has 2 saturated carbocycles. The molecule has 0 amide bonds. The lowest BCUT2D eigenvalue weighted by molar-refractivity contribution is 0.0734. The first-order chi connectivity index (χ1) is 16.7. The fourth-order valence-electron chi connectivity index (χ4n) is 6.16. The molecule has 0 saturated heterocycles. The molecule has 2 fully saturated rings. The highest BCUT2D eigenvalue weighted by atomic mass is 16.5. The van der Waals surface area contributed by atoms with E-state index in [1.165, 1.54) is 69.8 Å². The zero-order chi connectivity index (χ0) is 23.8. The van der Waals surface area contributed by atoms with Crippen LogP contribution < -0.4 is 9.47 Å². The predicted octanol–water partition coefficient (Wildman–Crippen LogP) is 8.57. The van der Waals surface area contributed by atoms with Crippen molar-refractivity contribution >= 4 is 5.97 Å². The van der Waals surface area contributed by atoms with Gasteiger partial charge >= 0.3 is 5.97 Å². The summed E-state index contributed by atoms with van der Waals surface area (Å²) in [6.45, 7) is 5.08. The topological polar surface area (TPSA) is 35.5 Å². The molecule has 0 unspecified atom stereocenters. The van der Waals surface area contributed by atoms with Crippen LogP contribution in [0.1, 0.15) is 106 Å². The van der Waals surface area contributed by atoms with Gasteiger partial charge in [0.1, 0.15) is 11.5 Å². The summed E-state index contributed by atoms with van der Waals surface area (Å²) >= 11 is 0. The third-order valence-electron chi connectivity index (χ3n) is 8.15. The molecule has 0 radical (unpaired) electrons. The van der Waals surface area contributed by atoms with Crippen LogP contribution in [-0.2, 0) is 0 Å². The molecule has 4 rings (SSSR count). The van der Waals surface area contributed by atoms with Gasteiger partial charge in [0.05, 0.1) is 12.2 Å². The molecule has 0 aromatic heterocycles. The molecule has 2 aromatic rings. The highest BCUT2D eigenvalue weighted by molar-refractivity contribution is 5.91. The Bertz CT molecular complexity index is 870. The van der Waals surface area contributed by atoms with E-state index in [1.807, 2.05) is 24.3 Å². The number of benzene rings is 2. The minimum Gasteiger partial charge on any atom is -0.494 e. The normalized spacial score (nSPS) is 25.0. The fraction of sp³-hybridized carbons (Fsp3) is 0.581. The zero-order valence-electron chi connectivity index (χ0n) is 21.1. The van der Waals surface area contributed by atoms with E-state index in [0.29, 0.717) is 23.8 Å². The van der Waals surface area contributed by atoms with Gasteiger partial charge < -0.3 is 9.47 Å². The number of esters is 1. The van der Waals surface area contributed by atoms with Crippen molar-refractivity contribution in [3.8, 4) is 11.5 Å². The van der Waals surface area contributed by atoms with Crippen molar-refractivity contribution in [3.05, 3.63) is 59.7 Å². The highest BCUT2D eigenvalue weighted by Crippen LogP contribution is 2.44. The molecule has 0 N–H and O–H groups in total. The van der Waals surface area contributed by atoms with Crippen LogP contribution in [0.5, 0.6) is 11.5 Å². The summed E-state index contributed by atoms with van der Waals surface area (Å²) in [5.41, 5.74) is 1.93. The van der Waals surface area contributed by atoms with Crippen LogP contribution in [0.25, 0.3) is 0 Å². The largest absolute Gasteiger partial charge is 0.494 e. The molecular formula is C31H42O3. The van der Waals surface area contributed by atoms with E-state index in [1.54, 1.807) is 12.1 Å². The van der Waals surface area contributed by atoms with Gasteiger partial charge in [-0.15, -0.1) is 0 Å². The van der Waals surface area contributed by atoms with Gasteiger partial charge in [-0.1, -0.05) is 51.7 Å². The molecule has 2 aliphatic rings. The van der Waals surface area contributed by atoms with Crippen LogP contribution in [0.4, 0.5) is 0 Å². The molecule has 3 nitrogen and oxygen atoms in total. The maximum Gasteiger partial charge on any atom is 0.343 e. The van der Waals surface area contributed by atoms with E-state index in [9.17, 15) is 4.79 Å². The maximum atomic E-state index is 12.5. The summed E-state index contributed by atoms with van der Waals surface area (Å²) in [6.07, 6.45) is 15.0. The molecular weight excluding hydrogens is 420 g/mol. The van der Waals surface area contributed by atoms with E-state index >= 15 is 0 Å². The van der Waals surface area contributed by atoms with Gasteiger partial charge in [0, 0.05) is 0 Å². The van der Waals surface area contributed by atoms with Crippen LogP contribution >= 0.6 is 0 Å². The van der Waals surface area contributed by atoms with Gasteiger partial charge in [-0.05, 0) is 111 Å². The van der Waals surface area contributed by atoms with Crippen molar-refractivity contribution in [2.24, 2.45) is 17.8 Å². The van der Waals surface area contributed by atoms with Gasteiger partial charge in [-0.2, -0.15) is 0 Å².